The molecule has 0 aromatic carbocycles. The highest BCUT2D eigenvalue weighted by molar-refractivity contribution is 5.21. The van der Waals surface area contributed by atoms with Crippen LogP contribution in [-0.4, -0.2) is 9.55 Å². The standard InChI is InChI=1S/C4H6N3/c1-7-2-4(5)6-3-7/h2H,5H2,1H3. The van der Waals surface area contributed by atoms with Crippen LogP contribution in [-0.2, 0) is 7.05 Å². The van der Waals surface area contributed by atoms with Gasteiger partial charge in [-0.1, -0.05) is 0 Å². The minimum Gasteiger partial charge on any atom is -0.382 e. The van der Waals surface area contributed by atoms with E-state index in [0.717, 1.165) is 0 Å². The summed E-state index contributed by atoms with van der Waals surface area (Å²) in [7, 11) is 1.82. The molecule has 0 aliphatic rings. The molecule has 1 rings (SSSR count). The second-order valence-corrected chi connectivity index (χ2v) is 1.38. The molecule has 0 aliphatic heterocycles. The summed E-state index contributed by atoms with van der Waals surface area (Å²) in [6.45, 7) is 0. The Kier molecular flexibility index (Phi) is 0.749. The van der Waals surface area contributed by atoms with Gasteiger partial charge in [-0.15, -0.1) is 0 Å². The smallest absolute Gasteiger partial charge is 0.178 e. The first-order valence-electron chi connectivity index (χ1n) is 1.95. The van der Waals surface area contributed by atoms with Crippen LogP contribution in [0.4, 0.5) is 5.82 Å². The van der Waals surface area contributed by atoms with Crippen molar-refractivity contribution in [3.63, 3.8) is 0 Å². The predicted molar refractivity (Wildman–Crippen MR) is 26.5 cm³/mol. The summed E-state index contributed by atoms with van der Waals surface area (Å²) in [5.74, 6) is 0.516. The van der Waals surface area contributed by atoms with Gasteiger partial charge in [0.15, 0.2) is 6.33 Å². The first-order valence-corrected chi connectivity index (χ1v) is 1.95. The number of aryl methyl sites for hydroxylation is 1. The van der Waals surface area contributed by atoms with Gasteiger partial charge < -0.3 is 10.3 Å². The van der Waals surface area contributed by atoms with Crippen LogP contribution in [0.1, 0.15) is 0 Å². The maximum absolute atomic E-state index is 5.22. The summed E-state index contributed by atoms with van der Waals surface area (Å²) in [5.41, 5.74) is 5.22. The predicted octanol–water partition coefficient (Wildman–Crippen LogP) is -0.198. The van der Waals surface area contributed by atoms with Crippen molar-refractivity contribution >= 4 is 5.82 Å². The monoisotopic (exact) mass is 96.1 g/mol. The third-order valence-corrected chi connectivity index (χ3v) is 0.663. The molecule has 0 amide bonds. The molecule has 1 radical (unpaired) electrons. The summed E-state index contributed by atoms with van der Waals surface area (Å²) in [6.07, 6.45) is 4.30. The van der Waals surface area contributed by atoms with Crippen LogP contribution >= 0.6 is 0 Å². The number of nitrogens with two attached hydrogens (primary N) is 1. The molecule has 0 saturated heterocycles. The van der Waals surface area contributed by atoms with E-state index in [9.17, 15) is 0 Å². The first kappa shape index (κ1) is 4.18. The summed E-state index contributed by atoms with van der Waals surface area (Å²) in [6, 6.07) is 0. The molecule has 0 fully saturated rings. The highest BCUT2D eigenvalue weighted by Gasteiger charge is 1.83. The molecular weight excluding hydrogens is 90.1 g/mol. The van der Waals surface area contributed by atoms with Gasteiger partial charge in [0.05, 0.1) is 0 Å². The highest BCUT2D eigenvalue weighted by atomic mass is 15.0. The van der Waals surface area contributed by atoms with E-state index in [1.54, 1.807) is 10.8 Å². The number of aromatic nitrogens is 2. The fourth-order valence-corrected chi connectivity index (χ4v) is 0.393. The quantitative estimate of drug-likeness (QED) is 0.486. The Bertz CT molecular complexity index is 139. The van der Waals surface area contributed by atoms with Crippen molar-refractivity contribution in [1.29, 1.82) is 0 Å². The van der Waals surface area contributed by atoms with E-state index in [2.05, 4.69) is 11.3 Å². The number of nitrogens with zero attached hydrogens (tertiary/aromatic N) is 2. The van der Waals surface area contributed by atoms with Crippen LogP contribution < -0.4 is 5.73 Å². The molecule has 0 aliphatic carbocycles. The lowest BCUT2D eigenvalue weighted by molar-refractivity contribution is 0.903. The van der Waals surface area contributed by atoms with Gasteiger partial charge in [0.2, 0.25) is 0 Å². The summed E-state index contributed by atoms with van der Waals surface area (Å²) in [5, 5.41) is 0. The van der Waals surface area contributed by atoms with Crippen LogP contribution in [0.5, 0.6) is 0 Å². The Labute approximate surface area is 41.8 Å². The van der Waals surface area contributed by atoms with E-state index < -0.39 is 0 Å². The largest absolute Gasteiger partial charge is 0.382 e. The topological polar surface area (TPSA) is 43.8 Å². The highest BCUT2D eigenvalue weighted by Crippen LogP contribution is 1.89. The second-order valence-electron chi connectivity index (χ2n) is 1.38. The molecule has 2 N–H and O–H groups in total. The molecule has 7 heavy (non-hydrogen) atoms. The minimum atomic E-state index is 0.516. The number of nitrogen functional groups attached to an aromatic ring is 1. The van der Waals surface area contributed by atoms with Crippen molar-refractivity contribution in [2.24, 2.45) is 7.05 Å². The van der Waals surface area contributed by atoms with E-state index in [4.69, 9.17) is 5.73 Å². The van der Waals surface area contributed by atoms with Crippen LogP contribution in [0.3, 0.4) is 0 Å². The molecule has 1 heterocycles. The fraction of sp³-hybridized carbons (Fsp3) is 0.250. The van der Waals surface area contributed by atoms with Crippen LogP contribution in [0.15, 0.2) is 6.20 Å². The second kappa shape index (κ2) is 1.26. The van der Waals surface area contributed by atoms with Gasteiger partial charge in [0.25, 0.3) is 0 Å². The van der Waals surface area contributed by atoms with Crippen molar-refractivity contribution in [2.45, 2.75) is 0 Å². The normalized spacial score (nSPS) is 9.29. The van der Waals surface area contributed by atoms with Crippen molar-refractivity contribution in [3.05, 3.63) is 12.5 Å². The lowest BCUT2D eigenvalue weighted by atomic mass is 10.8. The lowest BCUT2D eigenvalue weighted by Gasteiger charge is -1.77. The van der Waals surface area contributed by atoms with E-state index in [1.807, 2.05) is 7.05 Å². The van der Waals surface area contributed by atoms with Gasteiger partial charge in [-0.25, -0.2) is 4.98 Å². The Hall–Kier alpha value is -0.990. The van der Waals surface area contributed by atoms with E-state index in [1.165, 1.54) is 0 Å². The third-order valence-electron chi connectivity index (χ3n) is 0.663. The molecule has 0 atom stereocenters. The number of anilines is 1. The molecule has 0 bridgehead atoms. The Balaban J connectivity index is 3.04. The van der Waals surface area contributed by atoms with Crippen molar-refractivity contribution < 1.29 is 0 Å². The molecule has 3 nitrogen and oxygen atoms in total. The van der Waals surface area contributed by atoms with Crippen LogP contribution in [0.2, 0.25) is 0 Å². The zero-order chi connectivity index (χ0) is 5.28. The average Bonchev–Trinajstić information content (AvgIpc) is 1.87. The fourth-order valence-electron chi connectivity index (χ4n) is 0.393. The van der Waals surface area contributed by atoms with Gasteiger partial charge in [-0.05, 0) is 0 Å². The van der Waals surface area contributed by atoms with Gasteiger partial charge in [-0.3, -0.25) is 0 Å². The van der Waals surface area contributed by atoms with Crippen LogP contribution in [0, 0.1) is 6.33 Å². The Morgan fingerprint density at radius 2 is 2.71 bits per heavy atom. The van der Waals surface area contributed by atoms with Gasteiger partial charge in [-0.2, -0.15) is 0 Å². The zero-order valence-electron chi connectivity index (χ0n) is 4.05. The van der Waals surface area contributed by atoms with E-state index >= 15 is 0 Å². The number of rotatable bonds is 0. The minimum absolute atomic E-state index is 0.516. The third kappa shape index (κ3) is 0.707. The van der Waals surface area contributed by atoms with Crippen LogP contribution in [0.25, 0.3) is 0 Å². The number of hydrogen-bond acceptors (Lipinski definition) is 2. The van der Waals surface area contributed by atoms with E-state index in [-0.39, 0.29) is 0 Å². The maximum Gasteiger partial charge on any atom is 0.178 e. The zero-order valence-corrected chi connectivity index (χ0v) is 4.05. The molecule has 0 unspecified atom stereocenters. The molecule has 37 valence electrons. The summed E-state index contributed by atoms with van der Waals surface area (Å²) in [4.78, 5) is 3.63. The van der Waals surface area contributed by atoms with Crippen molar-refractivity contribution in [3.8, 4) is 0 Å². The van der Waals surface area contributed by atoms with Crippen molar-refractivity contribution in [2.75, 3.05) is 5.73 Å². The molecule has 1 aromatic rings. The molecule has 3 heteroatoms. The Morgan fingerprint density at radius 1 is 2.00 bits per heavy atom. The Morgan fingerprint density at radius 3 is 2.86 bits per heavy atom. The molecular formula is C4H6N3. The maximum atomic E-state index is 5.22. The van der Waals surface area contributed by atoms with Gasteiger partial charge in [0.1, 0.15) is 5.82 Å². The number of imidazole rings is 1. The van der Waals surface area contributed by atoms with Gasteiger partial charge in [0, 0.05) is 13.2 Å². The summed E-state index contributed by atoms with van der Waals surface area (Å²) >= 11 is 0. The van der Waals surface area contributed by atoms with Crippen molar-refractivity contribution in [1.82, 2.24) is 9.55 Å². The first-order chi connectivity index (χ1) is 3.29. The lowest BCUT2D eigenvalue weighted by Crippen LogP contribution is -1.81. The summed E-state index contributed by atoms with van der Waals surface area (Å²) < 4.78 is 1.68. The molecule has 0 saturated carbocycles. The molecule has 0 spiro atoms. The average molecular weight is 96.1 g/mol. The number of hydrogen-bond donors (Lipinski definition) is 1. The van der Waals surface area contributed by atoms with Gasteiger partial charge >= 0.3 is 0 Å². The molecule has 1 aromatic heterocycles. The SMILES string of the molecule is Cn1[c]nc(N)c1. The van der Waals surface area contributed by atoms with E-state index in [0.29, 0.717) is 5.82 Å².